The summed E-state index contributed by atoms with van der Waals surface area (Å²) in [5.41, 5.74) is 1.99. The minimum Gasteiger partial charge on any atom is -0.497 e. The number of methoxy groups -OCH3 is 2. The Balaban J connectivity index is 2.06. The quantitative estimate of drug-likeness (QED) is 0.651. The average Bonchev–Trinajstić information content (AvgIpc) is 2.60. The molecule has 2 rings (SSSR count). The Kier molecular flexibility index (Phi) is 5.73. The topological polar surface area (TPSA) is 64.6 Å². The Morgan fingerprint density at radius 1 is 1.00 bits per heavy atom. The Morgan fingerprint density at radius 2 is 1.71 bits per heavy atom. The fourth-order valence-electron chi connectivity index (χ4n) is 2.09. The van der Waals surface area contributed by atoms with Crippen molar-refractivity contribution in [1.82, 2.24) is 0 Å². The van der Waals surface area contributed by atoms with Crippen LogP contribution in [0.25, 0.3) is 6.08 Å². The molecule has 0 spiro atoms. The normalized spacial score (nSPS) is 10.5. The molecule has 0 atom stereocenters. The number of amides is 1. The summed E-state index contributed by atoms with van der Waals surface area (Å²) in [6.45, 7) is 1.50. The summed E-state index contributed by atoms with van der Waals surface area (Å²) < 4.78 is 10.4. The van der Waals surface area contributed by atoms with Crippen LogP contribution in [0.15, 0.2) is 48.5 Å². The van der Waals surface area contributed by atoms with Crippen molar-refractivity contribution < 1.29 is 19.1 Å². The van der Waals surface area contributed by atoms with E-state index in [0.29, 0.717) is 22.7 Å². The van der Waals surface area contributed by atoms with Crippen molar-refractivity contribution in [1.29, 1.82) is 0 Å². The first kappa shape index (κ1) is 17.3. The van der Waals surface area contributed by atoms with Crippen molar-refractivity contribution in [3.63, 3.8) is 0 Å². The van der Waals surface area contributed by atoms with E-state index in [4.69, 9.17) is 9.47 Å². The van der Waals surface area contributed by atoms with Crippen molar-refractivity contribution in [2.75, 3.05) is 19.5 Å². The van der Waals surface area contributed by atoms with E-state index >= 15 is 0 Å². The lowest BCUT2D eigenvalue weighted by molar-refractivity contribution is -0.111. The molecule has 0 saturated heterocycles. The number of ether oxygens (including phenoxy) is 2. The maximum Gasteiger partial charge on any atom is 0.248 e. The number of carbonyl (C=O) groups is 2. The molecule has 0 saturated carbocycles. The zero-order valence-corrected chi connectivity index (χ0v) is 13.8. The highest BCUT2D eigenvalue weighted by Gasteiger charge is 2.04. The summed E-state index contributed by atoms with van der Waals surface area (Å²) >= 11 is 0. The number of carbonyl (C=O) groups excluding carboxylic acids is 2. The molecule has 24 heavy (non-hydrogen) atoms. The number of nitrogens with one attached hydrogen (secondary N) is 1. The summed E-state index contributed by atoms with van der Waals surface area (Å²) in [6.07, 6.45) is 3.08. The molecular weight excluding hydrogens is 306 g/mol. The van der Waals surface area contributed by atoms with E-state index in [1.807, 2.05) is 6.07 Å². The first-order valence-electron chi connectivity index (χ1n) is 7.35. The number of rotatable bonds is 6. The van der Waals surface area contributed by atoms with E-state index in [9.17, 15) is 9.59 Å². The predicted molar refractivity (Wildman–Crippen MR) is 93.7 cm³/mol. The van der Waals surface area contributed by atoms with Gasteiger partial charge in [0.2, 0.25) is 5.91 Å². The highest BCUT2D eigenvalue weighted by atomic mass is 16.5. The second-order valence-corrected chi connectivity index (χ2v) is 5.06. The van der Waals surface area contributed by atoms with Gasteiger partial charge in [-0.25, -0.2) is 0 Å². The number of ketones is 1. The number of hydrogen-bond donors (Lipinski definition) is 1. The zero-order valence-electron chi connectivity index (χ0n) is 13.8. The van der Waals surface area contributed by atoms with Crippen LogP contribution in [0.4, 0.5) is 5.69 Å². The molecule has 5 nitrogen and oxygen atoms in total. The van der Waals surface area contributed by atoms with Crippen LogP contribution < -0.4 is 14.8 Å². The lowest BCUT2D eigenvalue weighted by Gasteiger charge is -2.07. The molecule has 1 amide bonds. The summed E-state index contributed by atoms with van der Waals surface area (Å²) in [7, 11) is 3.14. The molecule has 0 aromatic heterocycles. The lowest BCUT2D eigenvalue weighted by Crippen LogP contribution is -2.07. The molecular formula is C19H19NO4. The second-order valence-electron chi connectivity index (χ2n) is 5.06. The predicted octanol–water partition coefficient (Wildman–Crippen LogP) is 3.56. The lowest BCUT2D eigenvalue weighted by atomic mass is 10.1. The highest BCUT2D eigenvalue weighted by Crippen LogP contribution is 2.25. The van der Waals surface area contributed by atoms with Crippen molar-refractivity contribution >= 4 is 23.5 Å². The molecule has 0 heterocycles. The largest absolute Gasteiger partial charge is 0.497 e. The fourth-order valence-corrected chi connectivity index (χ4v) is 2.09. The molecule has 0 radical (unpaired) electrons. The van der Waals surface area contributed by atoms with Crippen LogP contribution in [0.5, 0.6) is 11.5 Å². The van der Waals surface area contributed by atoms with Gasteiger partial charge in [-0.15, -0.1) is 0 Å². The van der Waals surface area contributed by atoms with E-state index in [0.717, 1.165) is 5.56 Å². The molecule has 0 aliphatic carbocycles. The van der Waals surface area contributed by atoms with Crippen molar-refractivity contribution in [3.8, 4) is 11.5 Å². The molecule has 124 valence electrons. The fraction of sp³-hybridized carbons (Fsp3) is 0.158. The minimum absolute atomic E-state index is 0.0145. The highest BCUT2D eigenvalue weighted by molar-refractivity contribution is 6.02. The molecule has 1 N–H and O–H groups in total. The molecule has 0 aliphatic heterocycles. The van der Waals surface area contributed by atoms with Crippen LogP contribution in [0.1, 0.15) is 22.8 Å². The molecule has 5 heteroatoms. The number of benzene rings is 2. The maximum atomic E-state index is 12.0. The van der Waals surface area contributed by atoms with Gasteiger partial charge in [0.1, 0.15) is 11.5 Å². The third kappa shape index (κ3) is 4.46. The van der Waals surface area contributed by atoms with E-state index in [-0.39, 0.29) is 11.7 Å². The van der Waals surface area contributed by atoms with Crippen LogP contribution in [-0.4, -0.2) is 25.9 Å². The molecule has 2 aromatic rings. The van der Waals surface area contributed by atoms with Crippen LogP contribution in [0, 0.1) is 0 Å². The zero-order chi connectivity index (χ0) is 17.5. The monoisotopic (exact) mass is 325 g/mol. The van der Waals surface area contributed by atoms with E-state index < -0.39 is 0 Å². The molecule has 0 bridgehead atoms. The van der Waals surface area contributed by atoms with Gasteiger partial charge in [0, 0.05) is 29.0 Å². The second kappa shape index (κ2) is 7.97. The third-order valence-electron chi connectivity index (χ3n) is 3.41. The number of hydrogen-bond acceptors (Lipinski definition) is 4. The maximum absolute atomic E-state index is 12.0. The number of Topliss-reactive ketones (excluding diaryl/α,β-unsaturated/α-hetero) is 1. The van der Waals surface area contributed by atoms with Crippen LogP contribution in [-0.2, 0) is 4.79 Å². The van der Waals surface area contributed by atoms with Gasteiger partial charge < -0.3 is 14.8 Å². The smallest absolute Gasteiger partial charge is 0.248 e. The van der Waals surface area contributed by atoms with Crippen molar-refractivity contribution in [3.05, 3.63) is 59.7 Å². The summed E-state index contributed by atoms with van der Waals surface area (Å²) in [5.74, 6) is 1.01. The van der Waals surface area contributed by atoms with Gasteiger partial charge in [0.25, 0.3) is 0 Å². The van der Waals surface area contributed by atoms with Crippen molar-refractivity contribution in [2.45, 2.75) is 6.92 Å². The Hall–Kier alpha value is -3.08. The third-order valence-corrected chi connectivity index (χ3v) is 3.41. The van der Waals surface area contributed by atoms with E-state index in [1.54, 1.807) is 56.7 Å². The molecule has 0 aliphatic rings. The van der Waals surface area contributed by atoms with E-state index in [2.05, 4.69) is 5.32 Å². The van der Waals surface area contributed by atoms with Crippen LogP contribution in [0.3, 0.4) is 0 Å². The first-order chi connectivity index (χ1) is 11.5. The Labute approximate surface area is 140 Å². The van der Waals surface area contributed by atoms with Gasteiger partial charge in [-0.1, -0.05) is 0 Å². The van der Waals surface area contributed by atoms with Gasteiger partial charge in [0.15, 0.2) is 5.78 Å². The Bertz CT molecular complexity index is 763. The SMILES string of the molecule is COc1ccc(C=CC(=O)Nc2ccc(C(C)=O)cc2)c(OC)c1. The molecule has 2 aromatic carbocycles. The number of anilines is 1. The van der Waals surface area contributed by atoms with Crippen molar-refractivity contribution in [2.24, 2.45) is 0 Å². The average molecular weight is 325 g/mol. The van der Waals surface area contributed by atoms with E-state index in [1.165, 1.54) is 13.0 Å². The van der Waals surface area contributed by atoms with Crippen LogP contribution in [0.2, 0.25) is 0 Å². The van der Waals surface area contributed by atoms with Gasteiger partial charge in [-0.05, 0) is 49.4 Å². The first-order valence-corrected chi connectivity index (χ1v) is 7.35. The minimum atomic E-state index is -0.275. The van der Waals surface area contributed by atoms with Crippen LogP contribution >= 0.6 is 0 Å². The summed E-state index contributed by atoms with van der Waals surface area (Å²) in [5, 5.41) is 2.74. The molecule has 0 unspecified atom stereocenters. The summed E-state index contributed by atoms with van der Waals surface area (Å²) in [6, 6.07) is 12.1. The Morgan fingerprint density at radius 3 is 2.29 bits per heavy atom. The van der Waals surface area contributed by atoms with Gasteiger partial charge in [-0.3, -0.25) is 9.59 Å². The summed E-state index contributed by atoms with van der Waals surface area (Å²) in [4.78, 5) is 23.2. The van der Waals surface area contributed by atoms with Gasteiger partial charge in [0.05, 0.1) is 14.2 Å². The van der Waals surface area contributed by atoms with Gasteiger partial charge >= 0.3 is 0 Å². The standard InChI is InChI=1S/C19H19NO4/c1-13(21)14-4-8-16(9-5-14)20-19(22)11-7-15-6-10-17(23-2)12-18(15)24-3/h4-12H,1-3H3,(H,20,22). The molecule has 0 fully saturated rings. The van der Waals surface area contributed by atoms with Gasteiger partial charge in [-0.2, -0.15) is 0 Å².